The third kappa shape index (κ3) is 5.41. The zero-order chi connectivity index (χ0) is 20.9. The van der Waals surface area contributed by atoms with Crippen molar-refractivity contribution in [3.05, 3.63) is 34.6 Å². The van der Waals surface area contributed by atoms with Crippen molar-refractivity contribution in [2.45, 2.75) is 26.1 Å². The van der Waals surface area contributed by atoms with Crippen LogP contribution in [0.15, 0.2) is 18.2 Å². The van der Waals surface area contributed by atoms with Gasteiger partial charge in [0.15, 0.2) is 22.3 Å². The normalized spacial score (nSPS) is 11.2. The molecule has 0 unspecified atom stereocenters. The van der Waals surface area contributed by atoms with Gasteiger partial charge in [-0.05, 0) is 37.7 Å². The molecule has 2 N–H and O–H groups in total. The van der Waals surface area contributed by atoms with Gasteiger partial charge in [-0.2, -0.15) is 18.3 Å². The molecule has 0 saturated heterocycles. The summed E-state index contributed by atoms with van der Waals surface area (Å²) < 4.78 is 50.1. The summed E-state index contributed by atoms with van der Waals surface area (Å²) in [6, 6.07) is 5.26. The molecular weight excluding hydrogens is 417 g/mol. The van der Waals surface area contributed by atoms with Crippen molar-refractivity contribution < 1.29 is 22.6 Å². The molecule has 0 atom stereocenters. The summed E-state index contributed by atoms with van der Waals surface area (Å²) in [5.41, 5.74) is -0.0787. The van der Waals surface area contributed by atoms with Crippen LogP contribution in [0.4, 0.5) is 18.9 Å². The van der Waals surface area contributed by atoms with E-state index >= 15 is 0 Å². The molecular formula is C17H20ClF3N4O2S. The fraction of sp³-hybridized carbons (Fsp3) is 0.412. The van der Waals surface area contributed by atoms with Crippen molar-refractivity contribution >= 4 is 34.6 Å². The monoisotopic (exact) mass is 436 g/mol. The number of benzene rings is 1. The van der Waals surface area contributed by atoms with Crippen molar-refractivity contribution in [1.82, 2.24) is 15.1 Å². The first-order chi connectivity index (χ1) is 13.2. The Hall–Kier alpha value is -2.20. The number of halogens is 4. The number of nitrogens with zero attached hydrogens (tertiary/aromatic N) is 2. The van der Waals surface area contributed by atoms with Crippen molar-refractivity contribution in [2.24, 2.45) is 0 Å². The molecule has 1 aromatic heterocycles. The van der Waals surface area contributed by atoms with Crippen molar-refractivity contribution in [1.29, 1.82) is 0 Å². The van der Waals surface area contributed by atoms with E-state index < -0.39 is 11.9 Å². The molecule has 28 heavy (non-hydrogen) atoms. The number of hydrogen-bond acceptors (Lipinski definition) is 4. The third-order valence-corrected chi connectivity index (χ3v) is 4.57. The van der Waals surface area contributed by atoms with Gasteiger partial charge in [0, 0.05) is 24.8 Å². The van der Waals surface area contributed by atoms with E-state index in [4.69, 9.17) is 33.3 Å². The van der Waals surface area contributed by atoms with E-state index in [0.717, 1.165) is 0 Å². The summed E-state index contributed by atoms with van der Waals surface area (Å²) in [6.45, 7) is 2.21. The van der Waals surface area contributed by atoms with Crippen LogP contribution in [-0.4, -0.2) is 35.7 Å². The van der Waals surface area contributed by atoms with Crippen LogP contribution >= 0.6 is 23.8 Å². The first-order valence-electron chi connectivity index (χ1n) is 8.24. The van der Waals surface area contributed by atoms with Crippen molar-refractivity contribution in [2.75, 3.05) is 26.1 Å². The zero-order valence-corrected chi connectivity index (χ0v) is 17.1. The minimum Gasteiger partial charge on any atom is -0.493 e. The van der Waals surface area contributed by atoms with E-state index in [1.54, 1.807) is 25.3 Å². The number of thiocarbonyl (C=S) groups is 1. The molecule has 0 aliphatic carbocycles. The average molecular weight is 437 g/mol. The van der Waals surface area contributed by atoms with E-state index in [-0.39, 0.29) is 17.3 Å². The molecule has 0 radical (unpaired) electrons. The number of ether oxygens (including phenoxy) is 2. The van der Waals surface area contributed by atoms with Gasteiger partial charge in [-0.3, -0.25) is 4.68 Å². The molecule has 0 aliphatic rings. The molecule has 0 fully saturated rings. The summed E-state index contributed by atoms with van der Waals surface area (Å²) in [4.78, 5) is 0. The van der Waals surface area contributed by atoms with Gasteiger partial charge in [-0.15, -0.1) is 0 Å². The molecule has 0 spiro atoms. The summed E-state index contributed by atoms with van der Waals surface area (Å²) in [5, 5.41) is 9.56. The quantitative estimate of drug-likeness (QED) is 0.499. The Morgan fingerprint density at radius 2 is 1.93 bits per heavy atom. The zero-order valence-electron chi connectivity index (χ0n) is 15.5. The topological polar surface area (TPSA) is 60.3 Å². The lowest BCUT2D eigenvalue weighted by molar-refractivity contribution is -0.141. The molecule has 0 amide bonds. The first-order valence-corrected chi connectivity index (χ1v) is 9.03. The maximum absolute atomic E-state index is 12.8. The van der Waals surface area contributed by atoms with E-state index in [1.165, 1.54) is 18.7 Å². The van der Waals surface area contributed by atoms with Gasteiger partial charge < -0.3 is 20.1 Å². The van der Waals surface area contributed by atoms with E-state index in [1.807, 2.05) is 0 Å². The Morgan fingerprint density at radius 1 is 1.25 bits per heavy atom. The molecule has 2 aromatic rings. The highest BCUT2D eigenvalue weighted by Crippen LogP contribution is 2.35. The minimum atomic E-state index is -4.57. The fourth-order valence-electron chi connectivity index (χ4n) is 2.44. The molecule has 0 aliphatic heterocycles. The Labute approximate surface area is 171 Å². The number of alkyl halides is 3. The van der Waals surface area contributed by atoms with Crippen molar-refractivity contribution in [3.8, 4) is 11.5 Å². The number of anilines is 1. The predicted octanol–water partition coefficient (Wildman–Crippen LogP) is 4.26. The molecule has 2 rings (SSSR count). The summed E-state index contributed by atoms with van der Waals surface area (Å²) >= 11 is 10.9. The standard InChI is InChI=1S/C17H20ClF3N4O2S/c1-10-14(18)15(17(19,20)21)24-25(10)8-4-7-22-16(28)23-11-5-6-12(26-2)13(9-11)27-3/h5-6,9H,4,7-8H2,1-3H3,(H2,22,23,28). The van der Waals surface area contributed by atoms with Crippen LogP contribution in [0.5, 0.6) is 11.5 Å². The minimum absolute atomic E-state index is 0.271. The maximum atomic E-state index is 12.8. The molecule has 154 valence electrons. The first kappa shape index (κ1) is 22.1. The Morgan fingerprint density at radius 3 is 2.50 bits per heavy atom. The highest BCUT2D eigenvalue weighted by Gasteiger charge is 2.38. The molecule has 6 nitrogen and oxygen atoms in total. The van der Waals surface area contributed by atoms with Gasteiger partial charge in [0.2, 0.25) is 0 Å². The largest absolute Gasteiger partial charge is 0.493 e. The van der Waals surface area contributed by atoms with Crippen LogP contribution in [0.25, 0.3) is 0 Å². The smallest absolute Gasteiger partial charge is 0.436 e. The van der Waals surface area contributed by atoms with Gasteiger partial charge in [-0.1, -0.05) is 11.6 Å². The molecule has 0 bridgehead atoms. The van der Waals surface area contributed by atoms with Crippen LogP contribution in [0.3, 0.4) is 0 Å². The molecule has 0 saturated carbocycles. The van der Waals surface area contributed by atoms with Gasteiger partial charge in [0.25, 0.3) is 0 Å². The van der Waals surface area contributed by atoms with Gasteiger partial charge in [-0.25, -0.2) is 0 Å². The highest BCUT2D eigenvalue weighted by atomic mass is 35.5. The number of aromatic nitrogens is 2. The number of rotatable bonds is 7. The fourth-order valence-corrected chi connectivity index (χ4v) is 2.91. The van der Waals surface area contributed by atoms with Gasteiger partial charge in [0.1, 0.15) is 0 Å². The lowest BCUT2D eigenvalue weighted by Gasteiger charge is -2.13. The van der Waals surface area contributed by atoms with Crippen LogP contribution in [0, 0.1) is 6.92 Å². The number of aryl methyl sites for hydroxylation is 1. The number of methoxy groups -OCH3 is 2. The summed E-state index contributed by atoms with van der Waals surface area (Å²) in [6.07, 6.45) is -4.07. The highest BCUT2D eigenvalue weighted by molar-refractivity contribution is 7.80. The Kier molecular flexibility index (Phi) is 7.36. The van der Waals surface area contributed by atoms with Crippen LogP contribution in [0.2, 0.25) is 5.02 Å². The Bertz CT molecular complexity index is 843. The van der Waals surface area contributed by atoms with E-state index in [0.29, 0.717) is 35.3 Å². The molecule has 11 heteroatoms. The number of nitrogens with one attached hydrogen (secondary N) is 2. The lowest BCUT2D eigenvalue weighted by atomic mass is 10.3. The second-order valence-electron chi connectivity index (χ2n) is 5.77. The molecule has 1 heterocycles. The van der Waals surface area contributed by atoms with E-state index in [9.17, 15) is 13.2 Å². The maximum Gasteiger partial charge on any atom is 0.436 e. The van der Waals surface area contributed by atoms with Gasteiger partial charge in [0.05, 0.1) is 24.9 Å². The van der Waals surface area contributed by atoms with Gasteiger partial charge >= 0.3 is 6.18 Å². The van der Waals surface area contributed by atoms with E-state index in [2.05, 4.69) is 15.7 Å². The lowest BCUT2D eigenvalue weighted by Crippen LogP contribution is -2.29. The van der Waals surface area contributed by atoms with Crippen LogP contribution in [-0.2, 0) is 12.7 Å². The SMILES string of the molecule is COc1ccc(NC(=S)NCCCn2nc(C(F)(F)F)c(Cl)c2C)cc1OC. The van der Waals surface area contributed by atoms with Crippen molar-refractivity contribution in [3.63, 3.8) is 0 Å². The number of hydrogen-bond donors (Lipinski definition) is 2. The second kappa shape index (κ2) is 9.33. The predicted molar refractivity (Wildman–Crippen MR) is 105 cm³/mol. The third-order valence-electron chi connectivity index (χ3n) is 3.88. The average Bonchev–Trinajstić information content (AvgIpc) is 2.93. The molecule has 1 aromatic carbocycles. The Balaban J connectivity index is 1.85. The second-order valence-corrected chi connectivity index (χ2v) is 6.56. The van der Waals surface area contributed by atoms with Crippen LogP contribution in [0.1, 0.15) is 17.8 Å². The summed E-state index contributed by atoms with van der Waals surface area (Å²) in [5.74, 6) is 1.15. The van der Waals surface area contributed by atoms with Crippen LogP contribution < -0.4 is 20.1 Å². The summed E-state index contributed by atoms with van der Waals surface area (Å²) in [7, 11) is 3.08.